The molecule has 13 rings (SSSR count). The lowest BCUT2D eigenvalue weighted by atomic mass is 9.96. The quantitative estimate of drug-likeness (QED) is 0.0128. The Morgan fingerprint density at radius 2 is 0.637 bits per heavy atom. The molecule has 2 aliphatic rings. The van der Waals surface area contributed by atoms with Gasteiger partial charge in [-0.05, 0) is 250 Å². The normalized spacial score (nSPS) is 13.0. The third-order valence-corrected chi connectivity index (χ3v) is 35.5. The molecule has 800 valence electrons. The Bertz CT molecular complexity index is 6860. The second-order valence-corrected chi connectivity index (χ2v) is 50.0. The van der Waals surface area contributed by atoms with Crippen molar-refractivity contribution in [1.29, 1.82) is 0 Å². The number of carbonyl (C=O) groups excluding carboxylic acids is 1. The molecule has 39 heteroatoms. The molecule has 10 N–H and O–H groups in total. The minimum Gasteiger partial charge on any atom is -0.495 e. The summed E-state index contributed by atoms with van der Waals surface area (Å²) in [6.07, 6.45) is 20.7. The highest BCUT2D eigenvalue weighted by Gasteiger charge is 2.27. The first-order valence-corrected chi connectivity index (χ1v) is 62.1. The van der Waals surface area contributed by atoms with Crippen LogP contribution in [-0.4, -0.2) is 133 Å². The Balaban J connectivity index is 0.000000290. The molecule has 11 aromatic carbocycles. The molecule has 30 nitrogen and oxygen atoms in total. The zero-order valence-corrected chi connectivity index (χ0v) is 93.0. The second kappa shape index (κ2) is 64.1. The maximum absolute atomic E-state index is 12.2. The number of carbonyl (C=O) groups is 1. The first-order valence-electron chi connectivity index (χ1n) is 48.6. The molecule has 146 heavy (non-hydrogen) atoms. The fourth-order valence-electron chi connectivity index (χ4n) is 14.1. The van der Waals surface area contributed by atoms with E-state index in [-0.39, 0.29) is 27.9 Å². The topological polar surface area (TPSA) is 465 Å². The van der Waals surface area contributed by atoms with E-state index in [9.17, 15) is 80.6 Å². The Hall–Kier alpha value is -10.4. The van der Waals surface area contributed by atoms with Crippen molar-refractivity contribution in [3.05, 3.63) is 324 Å². The van der Waals surface area contributed by atoms with Crippen LogP contribution < -0.4 is 47.7 Å². The Kier molecular flexibility index (Phi) is 55.3. The third kappa shape index (κ3) is 46.5. The molecule has 2 saturated carbocycles. The largest absolute Gasteiger partial charge is 0.495 e. The average Bonchev–Trinajstić information content (AvgIpc) is 0.806. The number of sulfonamides is 9. The van der Waals surface area contributed by atoms with E-state index in [4.69, 9.17) is 14.6 Å². The number of anilines is 2. The molecule has 2 fully saturated rings. The van der Waals surface area contributed by atoms with E-state index in [2.05, 4.69) is 44.7 Å². The summed E-state index contributed by atoms with van der Waals surface area (Å²) >= 11 is 0. The lowest BCUT2D eigenvalue weighted by Crippen LogP contribution is -2.36. The fraction of sp³-hybridized carbons (Fsp3) is 0.374. The Morgan fingerprint density at radius 1 is 0.315 bits per heavy atom. The van der Waals surface area contributed by atoms with Crippen molar-refractivity contribution in [1.82, 2.24) is 28.3 Å². The predicted molar refractivity (Wildman–Crippen MR) is 583 cm³/mol. The van der Waals surface area contributed by atoms with Crippen molar-refractivity contribution in [3.63, 3.8) is 0 Å². The molecule has 0 spiro atoms. The molecule has 11 aromatic rings. The van der Waals surface area contributed by atoms with Crippen LogP contribution in [0.5, 0.6) is 5.75 Å². The maximum Gasteiger partial charge on any atom is 0.338 e. The van der Waals surface area contributed by atoms with Gasteiger partial charge in [0.2, 0.25) is 70.2 Å². The predicted octanol–water partition coefficient (Wildman–Crippen LogP) is 20.2. The number of rotatable bonds is 38. The summed E-state index contributed by atoms with van der Waals surface area (Å²) in [6, 6.07) is 79.8. The molecule has 0 unspecified atom stereocenters. The standard InChI is InChI=1S/C14H21NO4S.C13H13NO3S.C13H19NO2S.C13H13NO2S.C13H19NO2S.C11H17NO2S.3C10H15NO2S/c1-2-3-4-5-6-11-19-14(16)12-7-9-13(10-8-12)20(15,17)18;1-17-12-9-5-6-10-13(12)18(15,16)14-11-7-3-2-4-8-11;2*1-11-7-5-6-10-13(11)17(15,16)14-12-8-3-2-4-9-12;1-11-7-9-13(10-8-11)17(15,16)14-12-5-3-2-4-6-12;1-3-4-9-12-15(13,14)11-7-5-10(2)6-8-11;1-8(2)11-14(12,13)10-7-5-4-6-9(10)3;1-3-8-11-14(12,13)10-7-5-4-6-9(10)2;1-2-3-9-11-14(12,13)10-7-5-4-6-8-10/h7-10H,2-6,11H2,1H3,(H2,15,17,18);2-10,14H,1H3;5-7,10,12,14H,2-4,8-9H2,1H3;2-10,14H,1H3;7-10,12,14H,2-6H2,1H3;5-8,12H,3-4,9H2,1-2H3;4-8,11H,1-3H3;4-7,11H,3,8H2,1-2H3;4-8,11H,2-3,9H2,1H3. The minimum atomic E-state index is -3.73. The van der Waals surface area contributed by atoms with Crippen LogP contribution in [0.3, 0.4) is 0 Å². The molecule has 0 heterocycles. The average molecular weight is 2180 g/mol. The van der Waals surface area contributed by atoms with Crippen LogP contribution in [0.2, 0.25) is 0 Å². The van der Waals surface area contributed by atoms with Gasteiger partial charge in [-0.2, -0.15) is 0 Å². The third-order valence-electron chi connectivity index (χ3n) is 22.0. The monoisotopic (exact) mass is 2180 g/mol. The van der Waals surface area contributed by atoms with Crippen LogP contribution in [0, 0.1) is 41.5 Å². The van der Waals surface area contributed by atoms with Gasteiger partial charge in [0.1, 0.15) is 10.6 Å². The van der Waals surface area contributed by atoms with E-state index >= 15 is 0 Å². The smallest absolute Gasteiger partial charge is 0.338 e. The van der Waals surface area contributed by atoms with Crippen molar-refractivity contribution >= 4 is 108 Å². The fourth-order valence-corrected chi connectivity index (χ4v) is 25.1. The highest BCUT2D eigenvalue weighted by Crippen LogP contribution is 2.28. The summed E-state index contributed by atoms with van der Waals surface area (Å²) in [5.41, 5.74) is 6.61. The number of esters is 1. The van der Waals surface area contributed by atoms with Gasteiger partial charge in [-0.25, -0.2) is 114 Å². The molecular formula is C107H147N9O21S9. The number of methoxy groups -OCH3 is 1. The number of benzene rings is 11. The van der Waals surface area contributed by atoms with Gasteiger partial charge in [-0.15, -0.1) is 0 Å². The minimum absolute atomic E-state index is 0.0198. The van der Waals surface area contributed by atoms with Crippen molar-refractivity contribution in [2.75, 3.05) is 42.8 Å². The number of para-hydroxylation sites is 3. The summed E-state index contributed by atoms with van der Waals surface area (Å²) in [4.78, 5) is 14.3. The number of nitrogens with two attached hydrogens (primary N) is 1. The van der Waals surface area contributed by atoms with Crippen LogP contribution in [0.15, 0.2) is 329 Å². The van der Waals surface area contributed by atoms with Gasteiger partial charge in [0.15, 0.2) is 0 Å². The molecule has 0 aromatic heterocycles. The maximum atomic E-state index is 12.2. The van der Waals surface area contributed by atoms with Gasteiger partial charge in [0, 0.05) is 49.1 Å². The van der Waals surface area contributed by atoms with E-state index in [1.807, 2.05) is 96.1 Å². The number of primary sulfonamides is 1. The van der Waals surface area contributed by atoms with Crippen LogP contribution in [0.1, 0.15) is 214 Å². The van der Waals surface area contributed by atoms with E-state index in [0.29, 0.717) is 83.2 Å². The number of nitrogens with one attached hydrogen (secondary N) is 8. The van der Waals surface area contributed by atoms with Gasteiger partial charge in [-0.3, -0.25) is 9.44 Å². The lowest BCUT2D eigenvalue weighted by Gasteiger charge is -2.23. The molecule has 0 saturated heterocycles. The number of aryl methyl sites for hydroxylation is 6. The van der Waals surface area contributed by atoms with E-state index in [0.717, 1.165) is 136 Å². The molecule has 0 bridgehead atoms. The summed E-state index contributed by atoms with van der Waals surface area (Å²) in [6.45, 7) is 24.7. The summed E-state index contributed by atoms with van der Waals surface area (Å²) < 4.78 is 244. The highest BCUT2D eigenvalue weighted by molar-refractivity contribution is 7.93. The SMILES string of the molecule is CCCCCCCOC(=O)c1ccc(S(N)(=O)=O)cc1.CCCCNS(=O)(=O)c1ccc(C)cc1.CCCCNS(=O)(=O)c1ccccc1.CCCNS(=O)(=O)c1ccccc1C.COc1ccccc1S(=O)(=O)Nc1ccccc1.Cc1ccc(S(=O)(=O)NC2CCCCC2)cc1.Cc1ccccc1S(=O)(=O)NC(C)C.Cc1ccccc1S(=O)(=O)NC1CCCCC1.Cc1ccccc1S(=O)(=O)Nc1ccccc1. The van der Waals surface area contributed by atoms with Crippen LogP contribution >= 0.6 is 0 Å². The zero-order chi connectivity index (χ0) is 108. The van der Waals surface area contributed by atoms with E-state index in [1.54, 1.807) is 235 Å². The zero-order valence-electron chi connectivity index (χ0n) is 85.7. The Labute approximate surface area is 870 Å². The highest BCUT2D eigenvalue weighted by atomic mass is 32.2. The van der Waals surface area contributed by atoms with Crippen molar-refractivity contribution in [2.45, 2.75) is 274 Å². The number of ether oxygens (including phenoxy) is 2. The molecular weight excluding hydrogens is 2040 g/mol. The number of hydrogen-bond acceptors (Lipinski definition) is 21. The van der Waals surface area contributed by atoms with Crippen LogP contribution in [-0.2, 0) is 94.9 Å². The number of hydrogen-bond donors (Lipinski definition) is 9. The van der Waals surface area contributed by atoms with Gasteiger partial charge in [0.05, 0.1) is 58.4 Å². The summed E-state index contributed by atoms with van der Waals surface area (Å²) in [5, 5.41) is 4.98. The van der Waals surface area contributed by atoms with Gasteiger partial charge < -0.3 is 9.47 Å². The summed E-state index contributed by atoms with van der Waals surface area (Å²) in [5.74, 6) is -0.123. The molecule has 2 aliphatic carbocycles. The van der Waals surface area contributed by atoms with Gasteiger partial charge in [0.25, 0.3) is 20.0 Å². The van der Waals surface area contributed by atoms with Crippen molar-refractivity contribution in [3.8, 4) is 5.75 Å². The first-order chi connectivity index (χ1) is 69.1. The van der Waals surface area contributed by atoms with Crippen molar-refractivity contribution < 1.29 is 90.0 Å². The van der Waals surface area contributed by atoms with E-state index < -0.39 is 96.2 Å². The van der Waals surface area contributed by atoms with Gasteiger partial charge in [-0.1, -0.05) is 280 Å². The Morgan fingerprint density at radius 3 is 1.02 bits per heavy atom. The molecule has 0 radical (unpaired) electrons. The number of unbranched alkanes of at least 4 members (excludes halogenated alkanes) is 6. The van der Waals surface area contributed by atoms with Crippen LogP contribution in [0.4, 0.5) is 11.4 Å². The molecule has 0 amide bonds. The first kappa shape index (κ1) is 126. The summed E-state index contributed by atoms with van der Waals surface area (Å²) in [7, 11) is -29.3. The molecule has 0 aliphatic heterocycles. The van der Waals surface area contributed by atoms with Gasteiger partial charge >= 0.3 is 5.97 Å². The second-order valence-electron chi connectivity index (χ2n) is 34.8. The molecule has 0 atom stereocenters. The lowest BCUT2D eigenvalue weighted by molar-refractivity contribution is 0.0497. The van der Waals surface area contributed by atoms with Crippen LogP contribution in [0.25, 0.3) is 0 Å². The van der Waals surface area contributed by atoms with Crippen molar-refractivity contribution in [2.24, 2.45) is 5.14 Å². The van der Waals surface area contributed by atoms with E-state index in [1.165, 1.54) is 63.1 Å².